The van der Waals surface area contributed by atoms with Crippen molar-refractivity contribution in [2.45, 2.75) is 6.54 Å². The molecule has 0 saturated heterocycles. The molecule has 3 aromatic rings. The molecular formula is C19H17FN4O2. The molecule has 0 aliphatic rings. The molecule has 132 valence electrons. The highest BCUT2D eigenvalue weighted by Gasteiger charge is 2.09. The van der Waals surface area contributed by atoms with Gasteiger partial charge in [0, 0.05) is 17.8 Å². The highest BCUT2D eigenvalue weighted by molar-refractivity contribution is 6.02. The number of hydrogen-bond donors (Lipinski definition) is 2. The van der Waals surface area contributed by atoms with Gasteiger partial charge in [0.2, 0.25) is 0 Å². The van der Waals surface area contributed by atoms with Gasteiger partial charge < -0.3 is 15.4 Å². The van der Waals surface area contributed by atoms with E-state index in [9.17, 15) is 9.18 Å². The van der Waals surface area contributed by atoms with Crippen LogP contribution in [0.2, 0.25) is 0 Å². The number of anilines is 2. The smallest absolute Gasteiger partial charge is 0.275 e. The fourth-order valence-electron chi connectivity index (χ4n) is 2.30. The first-order valence-corrected chi connectivity index (χ1v) is 7.90. The summed E-state index contributed by atoms with van der Waals surface area (Å²) in [5, 5.41) is 5.76. The van der Waals surface area contributed by atoms with E-state index in [1.54, 1.807) is 7.11 Å². The SMILES string of the molecule is COc1ccccc1CNc1cnc(C(=O)Nc2ccc(F)cc2)cn1. The summed E-state index contributed by atoms with van der Waals surface area (Å²) in [6, 6.07) is 13.1. The number of halogens is 1. The van der Waals surface area contributed by atoms with Gasteiger partial charge in [-0.25, -0.2) is 14.4 Å². The Hall–Kier alpha value is -3.48. The van der Waals surface area contributed by atoms with Crippen LogP contribution in [0, 0.1) is 5.82 Å². The number of aromatic nitrogens is 2. The molecule has 0 unspecified atom stereocenters. The molecule has 3 rings (SSSR count). The lowest BCUT2D eigenvalue weighted by Crippen LogP contribution is -2.14. The summed E-state index contributed by atoms with van der Waals surface area (Å²) in [4.78, 5) is 20.4. The molecule has 1 heterocycles. The van der Waals surface area contributed by atoms with Crippen molar-refractivity contribution in [2.24, 2.45) is 0 Å². The van der Waals surface area contributed by atoms with Crippen molar-refractivity contribution in [1.29, 1.82) is 0 Å². The van der Waals surface area contributed by atoms with Crippen molar-refractivity contribution in [3.63, 3.8) is 0 Å². The number of nitrogens with zero attached hydrogens (tertiary/aromatic N) is 2. The maximum atomic E-state index is 12.9. The molecule has 0 aliphatic heterocycles. The third-order valence-electron chi connectivity index (χ3n) is 3.64. The van der Waals surface area contributed by atoms with E-state index < -0.39 is 5.91 Å². The second-order valence-electron chi connectivity index (χ2n) is 5.41. The van der Waals surface area contributed by atoms with Gasteiger partial charge in [-0.1, -0.05) is 18.2 Å². The summed E-state index contributed by atoms with van der Waals surface area (Å²) >= 11 is 0. The van der Waals surface area contributed by atoms with Gasteiger partial charge in [-0.2, -0.15) is 0 Å². The largest absolute Gasteiger partial charge is 0.496 e. The molecule has 0 spiro atoms. The summed E-state index contributed by atoms with van der Waals surface area (Å²) in [5.41, 5.74) is 1.63. The van der Waals surface area contributed by atoms with Gasteiger partial charge in [-0.3, -0.25) is 4.79 Å². The molecule has 0 bridgehead atoms. The Morgan fingerprint density at radius 1 is 1.08 bits per heavy atom. The highest BCUT2D eigenvalue weighted by atomic mass is 19.1. The van der Waals surface area contributed by atoms with Crippen LogP contribution in [0.4, 0.5) is 15.9 Å². The van der Waals surface area contributed by atoms with E-state index in [0.717, 1.165) is 11.3 Å². The van der Waals surface area contributed by atoms with E-state index in [1.165, 1.54) is 36.7 Å². The Labute approximate surface area is 150 Å². The topological polar surface area (TPSA) is 76.1 Å². The van der Waals surface area contributed by atoms with Crippen LogP contribution in [0.3, 0.4) is 0 Å². The second-order valence-corrected chi connectivity index (χ2v) is 5.41. The van der Waals surface area contributed by atoms with Gasteiger partial charge in [-0.05, 0) is 30.3 Å². The van der Waals surface area contributed by atoms with Crippen molar-refractivity contribution in [3.05, 3.63) is 78.0 Å². The monoisotopic (exact) mass is 352 g/mol. The number of benzene rings is 2. The van der Waals surface area contributed by atoms with Crippen LogP contribution in [0.15, 0.2) is 60.9 Å². The number of hydrogen-bond acceptors (Lipinski definition) is 5. The predicted molar refractivity (Wildman–Crippen MR) is 96.7 cm³/mol. The number of rotatable bonds is 6. The molecule has 0 radical (unpaired) electrons. The molecule has 0 aliphatic carbocycles. The number of carbonyl (C=O) groups is 1. The zero-order valence-corrected chi connectivity index (χ0v) is 14.1. The number of para-hydroxylation sites is 1. The number of nitrogens with one attached hydrogen (secondary N) is 2. The third-order valence-corrected chi connectivity index (χ3v) is 3.64. The summed E-state index contributed by atoms with van der Waals surface area (Å²) < 4.78 is 18.2. The lowest BCUT2D eigenvalue weighted by Gasteiger charge is -2.10. The van der Waals surface area contributed by atoms with Crippen LogP contribution in [0.1, 0.15) is 16.1 Å². The van der Waals surface area contributed by atoms with Gasteiger partial charge in [0.25, 0.3) is 5.91 Å². The maximum absolute atomic E-state index is 12.9. The molecule has 1 aromatic heterocycles. The van der Waals surface area contributed by atoms with Crippen molar-refractivity contribution in [3.8, 4) is 5.75 Å². The fourth-order valence-corrected chi connectivity index (χ4v) is 2.30. The average Bonchev–Trinajstić information content (AvgIpc) is 2.68. The van der Waals surface area contributed by atoms with Crippen LogP contribution >= 0.6 is 0 Å². The standard InChI is InChI=1S/C19H17FN4O2/c1-26-17-5-3-2-4-13(17)10-22-18-12-21-16(11-23-18)19(25)24-15-8-6-14(20)7-9-15/h2-9,11-12H,10H2,1H3,(H,22,23)(H,24,25). The van der Waals surface area contributed by atoms with E-state index >= 15 is 0 Å². The zero-order valence-electron chi connectivity index (χ0n) is 14.1. The molecule has 26 heavy (non-hydrogen) atoms. The number of carbonyl (C=O) groups excluding carboxylic acids is 1. The van der Waals surface area contributed by atoms with Gasteiger partial charge in [0.05, 0.1) is 19.5 Å². The molecule has 1 amide bonds. The number of methoxy groups -OCH3 is 1. The maximum Gasteiger partial charge on any atom is 0.275 e. The van der Waals surface area contributed by atoms with E-state index in [-0.39, 0.29) is 11.5 Å². The second kappa shape index (κ2) is 8.06. The minimum atomic E-state index is -0.416. The molecule has 2 N–H and O–H groups in total. The molecule has 0 saturated carbocycles. The Bertz CT molecular complexity index is 883. The lowest BCUT2D eigenvalue weighted by molar-refractivity contribution is 0.102. The molecule has 7 heteroatoms. The van der Waals surface area contributed by atoms with Crippen molar-refractivity contribution >= 4 is 17.4 Å². The van der Waals surface area contributed by atoms with Crippen LogP contribution < -0.4 is 15.4 Å². The van der Waals surface area contributed by atoms with Crippen LogP contribution in [-0.2, 0) is 6.54 Å². The summed E-state index contributed by atoms with van der Waals surface area (Å²) in [5.74, 6) is 0.533. The summed E-state index contributed by atoms with van der Waals surface area (Å²) in [7, 11) is 1.62. The molecule has 6 nitrogen and oxygen atoms in total. The molecular weight excluding hydrogens is 335 g/mol. The average molecular weight is 352 g/mol. The van der Waals surface area contributed by atoms with Gasteiger partial charge >= 0.3 is 0 Å². The minimum Gasteiger partial charge on any atom is -0.496 e. The third kappa shape index (κ3) is 4.32. The molecule has 2 aromatic carbocycles. The summed E-state index contributed by atoms with van der Waals surface area (Å²) in [6.07, 6.45) is 2.86. The van der Waals surface area contributed by atoms with Crippen LogP contribution in [0.5, 0.6) is 5.75 Å². The van der Waals surface area contributed by atoms with E-state index in [2.05, 4.69) is 20.6 Å². The summed E-state index contributed by atoms with van der Waals surface area (Å²) in [6.45, 7) is 0.514. The van der Waals surface area contributed by atoms with Crippen molar-refractivity contribution in [2.75, 3.05) is 17.7 Å². The normalized spacial score (nSPS) is 10.2. The van der Waals surface area contributed by atoms with Gasteiger partial charge in [0.1, 0.15) is 23.1 Å². The van der Waals surface area contributed by atoms with Crippen LogP contribution in [-0.4, -0.2) is 23.0 Å². The fraction of sp³-hybridized carbons (Fsp3) is 0.105. The quantitative estimate of drug-likeness (QED) is 0.710. The highest BCUT2D eigenvalue weighted by Crippen LogP contribution is 2.18. The number of amides is 1. The molecule has 0 atom stereocenters. The lowest BCUT2D eigenvalue weighted by atomic mass is 10.2. The Kier molecular flexibility index (Phi) is 5.38. The Morgan fingerprint density at radius 3 is 2.54 bits per heavy atom. The van der Waals surface area contributed by atoms with Gasteiger partial charge in [0.15, 0.2) is 0 Å². The van der Waals surface area contributed by atoms with Crippen molar-refractivity contribution < 1.29 is 13.9 Å². The number of ether oxygens (including phenoxy) is 1. The first kappa shape index (κ1) is 17.3. The zero-order chi connectivity index (χ0) is 18.4. The van der Waals surface area contributed by atoms with E-state index in [1.807, 2.05) is 24.3 Å². The predicted octanol–water partition coefficient (Wildman–Crippen LogP) is 3.49. The molecule has 0 fully saturated rings. The first-order chi connectivity index (χ1) is 12.7. The Morgan fingerprint density at radius 2 is 1.85 bits per heavy atom. The Balaban J connectivity index is 1.61. The van der Waals surface area contributed by atoms with E-state index in [0.29, 0.717) is 18.1 Å². The first-order valence-electron chi connectivity index (χ1n) is 7.90. The van der Waals surface area contributed by atoms with E-state index in [4.69, 9.17) is 4.74 Å². The van der Waals surface area contributed by atoms with Crippen molar-refractivity contribution in [1.82, 2.24) is 9.97 Å². The minimum absolute atomic E-state index is 0.164. The van der Waals surface area contributed by atoms with Crippen LogP contribution in [0.25, 0.3) is 0 Å². The van der Waals surface area contributed by atoms with Gasteiger partial charge in [-0.15, -0.1) is 0 Å².